The van der Waals surface area contributed by atoms with E-state index in [1.54, 1.807) is 0 Å². The van der Waals surface area contributed by atoms with Crippen LogP contribution < -0.4 is 5.73 Å². The van der Waals surface area contributed by atoms with E-state index in [4.69, 9.17) is 10.5 Å². The lowest BCUT2D eigenvalue weighted by molar-refractivity contribution is 0.0619. The first kappa shape index (κ1) is 8.75. The van der Waals surface area contributed by atoms with Crippen LogP contribution in [0.25, 0.3) is 0 Å². The van der Waals surface area contributed by atoms with E-state index >= 15 is 0 Å². The van der Waals surface area contributed by atoms with Crippen LogP contribution in [0.2, 0.25) is 0 Å². The summed E-state index contributed by atoms with van der Waals surface area (Å²) in [4.78, 5) is 0. The second kappa shape index (κ2) is 3.88. The van der Waals surface area contributed by atoms with Crippen LogP contribution in [0.4, 0.5) is 0 Å². The van der Waals surface area contributed by atoms with E-state index in [0.717, 1.165) is 31.6 Å². The Bertz CT molecular complexity index is 138. The van der Waals surface area contributed by atoms with Crippen molar-refractivity contribution >= 4 is 0 Å². The van der Waals surface area contributed by atoms with Gasteiger partial charge in [0.05, 0.1) is 0 Å². The van der Waals surface area contributed by atoms with Crippen LogP contribution in [0.5, 0.6) is 0 Å². The maximum atomic E-state index is 5.94. The van der Waals surface area contributed by atoms with Gasteiger partial charge < -0.3 is 10.5 Å². The van der Waals surface area contributed by atoms with Crippen molar-refractivity contribution in [1.82, 2.24) is 0 Å². The summed E-state index contributed by atoms with van der Waals surface area (Å²) < 4.78 is 5.24. The molecule has 11 heavy (non-hydrogen) atoms. The Morgan fingerprint density at radius 3 is 2.55 bits per heavy atom. The van der Waals surface area contributed by atoms with Gasteiger partial charge in [-0.15, -0.1) is 0 Å². The molecule has 0 radical (unpaired) electrons. The first-order valence-electron chi connectivity index (χ1n) is 4.20. The van der Waals surface area contributed by atoms with Crippen molar-refractivity contribution in [1.29, 1.82) is 0 Å². The summed E-state index contributed by atoms with van der Waals surface area (Å²) in [5.41, 5.74) is 7.03. The molecule has 0 bridgehead atoms. The van der Waals surface area contributed by atoms with Crippen molar-refractivity contribution in [3.8, 4) is 0 Å². The SMILES string of the molecule is C=C(C)C(N)C1CCOCC1. The Morgan fingerprint density at radius 1 is 1.55 bits per heavy atom. The molecule has 0 amide bonds. The van der Waals surface area contributed by atoms with Crippen LogP contribution in [0.3, 0.4) is 0 Å². The van der Waals surface area contributed by atoms with Crippen LogP contribution in [-0.4, -0.2) is 19.3 Å². The van der Waals surface area contributed by atoms with Crippen LogP contribution >= 0.6 is 0 Å². The fourth-order valence-electron chi connectivity index (χ4n) is 1.48. The van der Waals surface area contributed by atoms with Gasteiger partial charge in [-0.1, -0.05) is 12.2 Å². The molecule has 1 rings (SSSR count). The molecule has 1 heterocycles. The highest BCUT2D eigenvalue weighted by molar-refractivity contribution is 5.02. The maximum Gasteiger partial charge on any atom is 0.0469 e. The largest absolute Gasteiger partial charge is 0.381 e. The standard InChI is InChI=1S/C9H17NO/c1-7(2)9(10)8-3-5-11-6-4-8/h8-9H,1,3-6,10H2,2H3. The highest BCUT2D eigenvalue weighted by Gasteiger charge is 2.20. The minimum absolute atomic E-state index is 0.180. The minimum Gasteiger partial charge on any atom is -0.381 e. The molecule has 0 aliphatic carbocycles. The molecule has 0 saturated carbocycles. The molecular formula is C9H17NO. The van der Waals surface area contributed by atoms with Gasteiger partial charge in [0, 0.05) is 19.3 Å². The van der Waals surface area contributed by atoms with Gasteiger partial charge in [-0.05, 0) is 25.7 Å². The Hall–Kier alpha value is -0.340. The molecule has 2 nitrogen and oxygen atoms in total. The zero-order valence-electron chi connectivity index (χ0n) is 7.18. The van der Waals surface area contributed by atoms with Gasteiger partial charge in [0.15, 0.2) is 0 Å². The molecule has 1 fully saturated rings. The average Bonchev–Trinajstić information content (AvgIpc) is 2.05. The molecule has 1 atom stereocenters. The zero-order chi connectivity index (χ0) is 8.27. The van der Waals surface area contributed by atoms with Crippen molar-refractivity contribution < 1.29 is 4.74 Å². The Labute approximate surface area is 68.4 Å². The summed E-state index contributed by atoms with van der Waals surface area (Å²) in [6.45, 7) is 7.60. The Morgan fingerprint density at radius 2 is 2.09 bits per heavy atom. The zero-order valence-corrected chi connectivity index (χ0v) is 7.18. The predicted octanol–water partition coefficient (Wildman–Crippen LogP) is 1.32. The first-order valence-corrected chi connectivity index (χ1v) is 4.20. The molecule has 1 saturated heterocycles. The predicted molar refractivity (Wildman–Crippen MR) is 46.3 cm³/mol. The molecule has 1 aliphatic heterocycles. The molecule has 0 aromatic heterocycles. The summed E-state index contributed by atoms with van der Waals surface area (Å²) in [6.07, 6.45) is 2.18. The van der Waals surface area contributed by atoms with Crippen LogP contribution in [-0.2, 0) is 4.74 Å². The van der Waals surface area contributed by atoms with E-state index in [9.17, 15) is 0 Å². The molecule has 2 N–H and O–H groups in total. The van der Waals surface area contributed by atoms with E-state index in [1.807, 2.05) is 6.92 Å². The normalized spacial score (nSPS) is 23.1. The number of rotatable bonds is 2. The van der Waals surface area contributed by atoms with E-state index in [0.29, 0.717) is 5.92 Å². The summed E-state index contributed by atoms with van der Waals surface area (Å²) in [6, 6.07) is 0.180. The van der Waals surface area contributed by atoms with Crippen LogP contribution in [0.15, 0.2) is 12.2 Å². The summed E-state index contributed by atoms with van der Waals surface area (Å²) in [5.74, 6) is 0.598. The lowest BCUT2D eigenvalue weighted by atomic mass is 9.89. The van der Waals surface area contributed by atoms with Gasteiger partial charge in [-0.3, -0.25) is 0 Å². The van der Waals surface area contributed by atoms with Crippen LogP contribution in [0.1, 0.15) is 19.8 Å². The highest BCUT2D eigenvalue weighted by Crippen LogP contribution is 2.20. The highest BCUT2D eigenvalue weighted by atomic mass is 16.5. The molecule has 1 aliphatic rings. The Kier molecular flexibility index (Phi) is 3.09. The van der Waals surface area contributed by atoms with Crippen molar-refractivity contribution in [3.63, 3.8) is 0 Å². The van der Waals surface area contributed by atoms with Crippen molar-refractivity contribution in [2.24, 2.45) is 11.7 Å². The number of nitrogens with two attached hydrogens (primary N) is 1. The lowest BCUT2D eigenvalue weighted by Crippen LogP contribution is -2.34. The quantitative estimate of drug-likeness (QED) is 0.610. The van der Waals surface area contributed by atoms with Crippen LogP contribution in [0, 0.1) is 5.92 Å². The third-order valence-electron chi connectivity index (χ3n) is 2.34. The average molecular weight is 155 g/mol. The van der Waals surface area contributed by atoms with Crippen molar-refractivity contribution in [2.45, 2.75) is 25.8 Å². The second-order valence-corrected chi connectivity index (χ2v) is 3.32. The smallest absolute Gasteiger partial charge is 0.0469 e. The van der Waals surface area contributed by atoms with Gasteiger partial charge in [0.2, 0.25) is 0 Å². The van der Waals surface area contributed by atoms with Gasteiger partial charge in [0.1, 0.15) is 0 Å². The van der Waals surface area contributed by atoms with Crippen molar-refractivity contribution in [3.05, 3.63) is 12.2 Å². The molecule has 64 valence electrons. The molecular weight excluding hydrogens is 138 g/mol. The van der Waals surface area contributed by atoms with Gasteiger partial charge in [-0.25, -0.2) is 0 Å². The molecule has 0 aromatic rings. The Balaban J connectivity index is 2.38. The summed E-state index contributed by atoms with van der Waals surface area (Å²) in [7, 11) is 0. The van der Waals surface area contributed by atoms with Crippen molar-refractivity contribution in [2.75, 3.05) is 13.2 Å². The molecule has 0 spiro atoms. The molecule has 0 aromatic carbocycles. The lowest BCUT2D eigenvalue weighted by Gasteiger charge is -2.27. The fraction of sp³-hybridized carbons (Fsp3) is 0.778. The molecule has 1 unspecified atom stereocenters. The monoisotopic (exact) mass is 155 g/mol. The van der Waals surface area contributed by atoms with E-state index in [1.165, 1.54) is 0 Å². The third-order valence-corrected chi connectivity index (χ3v) is 2.34. The van der Waals surface area contributed by atoms with E-state index in [2.05, 4.69) is 6.58 Å². The summed E-state index contributed by atoms with van der Waals surface area (Å²) in [5, 5.41) is 0. The third kappa shape index (κ3) is 2.31. The maximum absolute atomic E-state index is 5.94. The number of hydrogen-bond donors (Lipinski definition) is 1. The van der Waals surface area contributed by atoms with E-state index < -0.39 is 0 Å². The van der Waals surface area contributed by atoms with E-state index in [-0.39, 0.29) is 6.04 Å². The number of hydrogen-bond acceptors (Lipinski definition) is 2. The molecule has 2 heteroatoms. The summed E-state index contributed by atoms with van der Waals surface area (Å²) >= 11 is 0. The fourth-order valence-corrected chi connectivity index (χ4v) is 1.48. The van der Waals surface area contributed by atoms with Gasteiger partial charge in [-0.2, -0.15) is 0 Å². The van der Waals surface area contributed by atoms with Gasteiger partial charge >= 0.3 is 0 Å². The first-order chi connectivity index (χ1) is 5.22. The topological polar surface area (TPSA) is 35.2 Å². The minimum atomic E-state index is 0.180. The second-order valence-electron chi connectivity index (χ2n) is 3.32. The van der Waals surface area contributed by atoms with Gasteiger partial charge in [0.25, 0.3) is 0 Å². The number of ether oxygens (including phenoxy) is 1.